The summed E-state index contributed by atoms with van der Waals surface area (Å²) >= 11 is 0. The Morgan fingerprint density at radius 1 is 1.16 bits per heavy atom. The monoisotopic (exact) mass is 259 g/mol. The third-order valence-electron chi connectivity index (χ3n) is 2.87. The van der Waals surface area contributed by atoms with Crippen LogP contribution in [0, 0.1) is 12.7 Å². The van der Waals surface area contributed by atoms with Gasteiger partial charge in [-0.25, -0.2) is 4.39 Å². The maximum absolute atomic E-state index is 14.0. The second-order valence-electron chi connectivity index (χ2n) is 4.88. The number of benzene rings is 2. The van der Waals surface area contributed by atoms with E-state index in [4.69, 9.17) is 10.5 Å². The first kappa shape index (κ1) is 13.4. The van der Waals surface area contributed by atoms with Gasteiger partial charge in [-0.3, -0.25) is 0 Å². The van der Waals surface area contributed by atoms with E-state index >= 15 is 0 Å². The highest BCUT2D eigenvalue weighted by molar-refractivity contribution is 5.70. The van der Waals surface area contributed by atoms with Crippen molar-refractivity contribution >= 4 is 5.69 Å². The summed E-state index contributed by atoms with van der Waals surface area (Å²) in [5, 5.41) is 0. The third kappa shape index (κ3) is 3.05. The molecule has 0 spiro atoms. The smallest absolute Gasteiger partial charge is 0.131 e. The van der Waals surface area contributed by atoms with Crippen molar-refractivity contribution in [2.45, 2.75) is 26.9 Å². The van der Waals surface area contributed by atoms with Gasteiger partial charge in [0.05, 0.1) is 6.10 Å². The molecule has 2 N–H and O–H groups in total. The van der Waals surface area contributed by atoms with Crippen molar-refractivity contribution in [3.05, 3.63) is 47.8 Å². The Kier molecular flexibility index (Phi) is 3.74. The van der Waals surface area contributed by atoms with Gasteiger partial charge in [-0.05, 0) is 56.2 Å². The molecule has 2 aromatic rings. The number of anilines is 1. The highest BCUT2D eigenvalue weighted by Gasteiger charge is 2.09. The van der Waals surface area contributed by atoms with Crippen molar-refractivity contribution in [2.75, 3.05) is 5.73 Å². The number of hydrogen-bond donors (Lipinski definition) is 1. The van der Waals surface area contributed by atoms with Crippen LogP contribution in [0.5, 0.6) is 5.75 Å². The van der Waals surface area contributed by atoms with Gasteiger partial charge in [-0.1, -0.05) is 12.1 Å². The van der Waals surface area contributed by atoms with E-state index in [1.807, 2.05) is 38.1 Å². The lowest BCUT2D eigenvalue weighted by molar-refractivity contribution is 0.242. The maximum atomic E-state index is 14.0. The summed E-state index contributed by atoms with van der Waals surface area (Å²) in [6.07, 6.45) is 0.0863. The zero-order chi connectivity index (χ0) is 14.0. The fraction of sp³-hybridized carbons (Fsp3) is 0.250. The second-order valence-corrected chi connectivity index (χ2v) is 4.88. The molecule has 0 aromatic heterocycles. The van der Waals surface area contributed by atoms with Crippen LogP contribution in [0.1, 0.15) is 19.4 Å². The Morgan fingerprint density at radius 2 is 1.89 bits per heavy atom. The van der Waals surface area contributed by atoms with Crippen LogP contribution in [0.25, 0.3) is 11.1 Å². The van der Waals surface area contributed by atoms with Gasteiger partial charge in [0.1, 0.15) is 11.6 Å². The van der Waals surface area contributed by atoms with E-state index in [1.165, 1.54) is 6.07 Å². The number of halogens is 1. The minimum Gasteiger partial charge on any atom is -0.491 e. The minimum atomic E-state index is -0.270. The van der Waals surface area contributed by atoms with E-state index in [-0.39, 0.29) is 11.9 Å². The molecule has 0 aliphatic carbocycles. The van der Waals surface area contributed by atoms with Gasteiger partial charge in [0, 0.05) is 11.3 Å². The zero-order valence-corrected chi connectivity index (χ0v) is 11.4. The largest absolute Gasteiger partial charge is 0.491 e. The van der Waals surface area contributed by atoms with Gasteiger partial charge in [-0.15, -0.1) is 0 Å². The van der Waals surface area contributed by atoms with E-state index in [1.54, 1.807) is 13.0 Å². The van der Waals surface area contributed by atoms with Crippen LogP contribution >= 0.6 is 0 Å². The van der Waals surface area contributed by atoms with E-state index in [0.29, 0.717) is 11.3 Å². The molecule has 2 nitrogen and oxygen atoms in total. The van der Waals surface area contributed by atoms with Gasteiger partial charge in [0.15, 0.2) is 0 Å². The summed E-state index contributed by atoms with van der Waals surface area (Å²) in [7, 11) is 0. The Balaban J connectivity index is 2.44. The average molecular weight is 259 g/mol. The molecule has 0 heterocycles. The molecular formula is C16H18FNO. The van der Waals surface area contributed by atoms with Crippen LogP contribution in [-0.4, -0.2) is 6.10 Å². The van der Waals surface area contributed by atoms with Crippen molar-refractivity contribution in [3.63, 3.8) is 0 Å². The van der Waals surface area contributed by atoms with Gasteiger partial charge in [0.25, 0.3) is 0 Å². The number of rotatable bonds is 3. The van der Waals surface area contributed by atoms with E-state index in [0.717, 1.165) is 16.9 Å². The summed E-state index contributed by atoms with van der Waals surface area (Å²) in [6.45, 7) is 5.70. The molecule has 0 saturated heterocycles. The molecule has 0 saturated carbocycles. The zero-order valence-electron chi connectivity index (χ0n) is 11.4. The summed E-state index contributed by atoms with van der Waals surface area (Å²) in [5.41, 5.74) is 8.45. The van der Waals surface area contributed by atoms with Crippen LogP contribution < -0.4 is 10.5 Å². The van der Waals surface area contributed by atoms with E-state index < -0.39 is 0 Å². The summed E-state index contributed by atoms with van der Waals surface area (Å²) < 4.78 is 19.6. The fourth-order valence-electron chi connectivity index (χ4n) is 1.92. The van der Waals surface area contributed by atoms with Crippen molar-refractivity contribution in [2.24, 2.45) is 0 Å². The molecule has 2 rings (SSSR count). The molecule has 0 amide bonds. The predicted octanol–water partition coefficient (Wildman–Crippen LogP) is 4.17. The highest BCUT2D eigenvalue weighted by atomic mass is 19.1. The van der Waals surface area contributed by atoms with Crippen LogP contribution in [0.15, 0.2) is 36.4 Å². The number of hydrogen-bond acceptors (Lipinski definition) is 2. The number of nitrogens with two attached hydrogens (primary N) is 1. The van der Waals surface area contributed by atoms with Crippen LogP contribution in [0.4, 0.5) is 10.1 Å². The Labute approximate surface area is 113 Å². The molecule has 100 valence electrons. The molecular weight excluding hydrogens is 241 g/mol. The van der Waals surface area contributed by atoms with Crippen LogP contribution in [0.2, 0.25) is 0 Å². The Bertz CT molecular complexity index is 593. The molecule has 0 unspecified atom stereocenters. The molecule has 0 radical (unpaired) electrons. The third-order valence-corrected chi connectivity index (χ3v) is 2.87. The lowest BCUT2D eigenvalue weighted by atomic mass is 10.0. The highest BCUT2D eigenvalue weighted by Crippen LogP contribution is 2.29. The summed E-state index contributed by atoms with van der Waals surface area (Å²) in [5.74, 6) is 0.458. The molecule has 0 bridgehead atoms. The lowest BCUT2D eigenvalue weighted by Crippen LogP contribution is -2.05. The second kappa shape index (κ2) is 5.31. The Morgan fingerprint density at radius 3 is 2.58 bits per heavy atom. The molecule has 2 aromatic carbocycles. The van der Waals surface area contributed by atoms with Crippen molar-refractivity contribution < 1.29 is 9.13 Å². The molecule has 3 heteroatoms. The first-order chi connectivity index (χ1) is 8.97. The SMILES string of the molecule is Cc1cc(F)c(-c2cccc(OC(C)C)c2)cc1N. The molecule has 0 aliphatic rings. The standard InChI is InChI=1S/C16H18FNO/c1-10(2)19-13-6-4-5-12(8-13)14-9-16(18)11(3)7-15(14)17/h4-10H,18H2,1-3H3. The molecule has 0 fully saturated rings. The first-order valence-electron chi connectivity index (χ1n) is 6.30. The minimum absolute atomic E-state index is 0.0863. The van der Waals surface area contributed by atoms with Crippen molar-refractivity contribution in [1.82, 2.24) is 0 Å². The summed E-state index contributed by atoms with van der Waals surface area (Å²) in [4.78, 5) is 0. The number of ether oxygens (including phenoxy) is 1. The van der Waals surface area contributed by atoms with Crippen molar-refractivity contribution in [1.29, 1.82) is 0 Å². The topological polar surface area (TPSA) is 35.2 Å². The van der Waals surface area contributed by atoms with E-state index in [2.05, 4.69) is 0 Å². The molecule has 19 heavy (non-hydrogen) atoms. The maximum Gasteiger partial charge on any atom is 0.131 e. The van der Waals surface area contributed by atoms with Gasteiger partial charge in [0.2, 0.25) is 0 Å². The summed E-state index contributed by atoms with van der Waals surface area (Å²) in [6, 6.07) is 10.5. The van der Waals surface area contributed by atoms with Crippen LogP contribution in [-0.2, 0) is 0 Å². The van der Waals surface area contributed by atoms with Crippen LogP contribution in [0.3, 0.4) is 0 Å². The molecule has 0 atom stereocenters. The predicted molar refractivity (Wildman–Crippen MR) is 76.7 cm³/mol. The number of aryl methyl sites for hydroxylation is 1. The van der Waals surface area contributed by atoms with Gasteiger partial charge >= 0.3 is 0 Å². The average Bonchev–Trinajstić information content (AvgIpc) is 2.33. The fourth-order valence-corrected chi connectivity index (χ4v) is 1.92. The van der Waals surface area contributed by atoms with Crippen molar-refractivity contribution in [3.8, 4) is 16.9 Å². The van der Waals surface area contributed by atoms with E-state index in [9.17, 15) is 4.39 Å². The first-order valence-corrected chi connectivity index (χ1v) is 6.30. The molecule has 0 aliphatic heterocycles. The Hall–Kier alpha value is -2.03. The number of nitrogen functional groups attached to an aromatic ring is 1. The van der Waals surface area contributed by atoms with Gasteiger partial charge < -0.3 is 10.5 Å². The normalized spacial score (nSPS) is 10.8. The van der Waals surface area contributed by atoms with Gasteiger partial charge in [-0.2, -0.15) is 0 Å². The lowest BCUT2D eigenvalue weighted by Gasteiger charge is -2.12. The quantitative estimate of drug-likeness (QED) is 0.839.